The standard InChI is InChI=1S/C14H30N2O/c1-12(2)14(11-17)10-16(4)8-6-13-5-7-15(3)9-13/h12-14,17H,5-11H2,1-4H3. The molecule has 3 nitrogen and oxygen atoms in total. The third kappa shape index (κ3) is 5.36. The van der Waals surface area contributed by atoms with Crippen LogP contribution in [0.2, 0.25) is 0 Å². The molecule has 2 unspecified atom stereocenters. The lowest BCUT2D eigenvalue weighted by molar-refractivity contribution is 0.143. The van der Waals surface area contributed by atoms with E-state index in [1.165, 1.54) is 32.5 Å². The van der Waals surface area contributed by atoms with E-state index in [0.29, 0.717) is 18.4 Å². The molecule has 102 valence electrons. The van der Waals surface area contributed by atoms with Crippen LogP contribution in [0.15, 0.2) is 0 Å². The Balaban J connectivity index is 2.18. The van der Waals surface area contributed by atoms with E-state index in [0.717, 1.165) is 12.5 Å². The Labute approximate surface area is 107 Å². The van der Waals surface area contributed by atoms with Crippen LogP contribution in [0.5, 0.6) is 0 Å². The third-order valence-corrected chi connectivity index (χ3v) is 4.13. The lowest BCUT2D eigenvalue weighted by atomic mass is 9.96. The van der Waals surface area contributed by atoms with Crippen LogP contribution in [0.25, 0.3) is 0 Å². The first-order valence-corrected chi connectivity index (χ1v) is 7.00. The van der Waals surface area contributed by atoms with Crippen molar-refractivity contribution in [2.75, 3.05) is 46.9 Å². The van der Waals surface area contributed by atoms with Crippen molar-refractivity contribution in [3.63, 3.8) is 0 Å². The molecule has 0 bridgehead atoms. The van der Waals surface area contributed by atoms with Gasteiger partial charge in [0.15, 0.2) is 0 Å². The van der Waals surface area contributed by atoms with Crippen LogP contribution < -0.4 is 0 Å². The maximum Gasteiger partial charge on any atom is 0.0473 e. The van der Waals surface area contributed by atoms with Crippen LogP contribution in [0.1, 0.15) is 26.7 Å². The summed E-state index contributed by atoms with van der Waals surface area (Å²) in [5.41, 5.74) is 0. The zero-order chi connectivity index (χ0) is 12.8. The van der Waals surface area contributed by atoms with Gasteiger partial charge < -0.3 is 14.9 Å². The Hall–Kier alpha value is -0.120. The van der Waals surface area contributed by atoms with Gasteiger partial charge in [-0.25, -0.2) is 0 Å². The van der Waals surface area contributed by atoms with Crippen molar-refractivity contribution in [2.24, 2.45) is 17.8 Å². The number of hydrogen-bond donors (Lipinski definition) is 1. The van der Waals surface area contributed by atoms with Crippen molar-refractivity contribution in [1.29, 1.82) is 0 Å². The first-order valence-electron chi connectivity index (χ1n) is 7.00. The molecule has 2 atom stereocenters. The van der Waals surface area contributed by atoms with Crippen molar-refractivity contribution in [1.82, 2.24) is 9.80 Å². The molecule has 0 aromatic heterocycles. The van der Waals surface area contributed by atoms with Gasteiger partial charge in [0.05, 0.1) is 0 Å². The van der Waals surface area contributed by atoms with Crippen molar-refractivity contribution >= 4 is 0 Å². The first kappa shape index (κ1) is 14.9. The van der Waals surface area contributed by atoms with Gasteiger partial charge in [-0.3, -0.25) is 0 Å². The van der Waals surface area contributed by atoms with Gasteiger partial charge in [0.25, 0.3) is 0 Å². The number of aliphatic hydroxyl groups is 1. The lowest BCUT2D eigenvalue weighted by Crippen LogP contribution is -2.32. The molecule has 0 aliphatic carbocycles. The molecule has 0 aromatic rings. The Kier molecular flexibility index (Phi) is 6.45. The van der Waals surface area contributed by atoms with Crippen molar-refractivity contribution in [2.45, 2.75) is 26.7 Å². The molecule has 1 aliphatic rings. The van der Waals surface area contributed by atoms with Crippen molar-refractivity contribution in [3.05, 3.63) is 0 Å². The molecular formula is C14H30N2O. The molecule has 1 fully saturated rings. The number of aliphatic hydroxyl groups excluding tert-OH is 1. The van der Waals surface area contributed by atoms with E-state index in [4.69, 9.17) is 0 Å². The van der Waals surface area contributed by atoms with Gasteiger partial charge in [0.2, 0.25) is 0 Å². The van der Waals surface area contributed by atoms with E-state index < -0.39 is 0 Å². The number of likely N-dealkylation sites (tertiary alicyclic amines) is 1. The van der Waals surface area contributed by atoms with Crippen LogP contribution in [-0.2, 0) is 0 Å². The Morgan fingerprint density at radius 3 is 2.59 bits per heavy atom. The van der Waals surface area contributed by atoms with Gasteiger partial charge in [0.1, 0.15) is 0 Å². The summed E-state index contributed by atoms with van der Waals surface area (Å²) in [7, 11) is 4.40. The first-order chi connectivity index (χ1) is 8.02. The minimum absolute atomic E-state index is 0.314. The zero-order valence-corrected chi connectivity index (χ0v) is 12.0. The Bertz CT molecular complexity index is 208. The van der Waals surface area contributed by atoms with Gasteiger partial charge >= 0.3 is 0 Å². The monoisotopic (exact) mass is 242 g/mol. The van der Waals surface area contributed by atoms with Crippen molar-refractivity contribution in [3.8, 4) is 0 Å². The van der Waals surface area contributed by atoms with Crippen LogP contribution in [-0.4, -0.2) is 61.8 Å². The minimum Gasteiger partial charge on any atom is -0.396 e. The van der Waals surface area contributed by atoms with E-state index in [1.807, 2.05) is 0 Å². The predicted octanol–water partition coefficient (Wildman–Crippen LogP) is 1.52. The maximum absolute atomic E-state index is 9.33. The molecule has 0 amide bonds. The van der Waals surface area contributed by atoms with Gasteiger partial charge in [-0.05, 0) is 57.8 Å². The molecule has 17 heavy (non-hydrogen) atoms. The summed E-state index contributed by atoms with van der Waals surface area (Å²) in [6.07, 6.45) is 2.66. The SMILES string of the molecule is CC(C)C(CO)CN(C)CCC1CCN(C)C1. The van der Waals surface area contributed by atoms with E-state index in [1.54, 1.807) is 0 Å². The van der Waals surface area contributed by atoms with Gasteiger partial charge in [0, 0.05) is 19.7 Å². The fraction of sp³-hybridized carbons (Fsp3) is 1.00. The highest BCUT2D eigenvalue weighted by Crippen LogP contribution is 2.18. The molecule has 0 spiro atoms. The second-order valence-electron chi connectivity index (χ2n) is 6.15. The third-order valence-electron chi connectivity index (χ3n) is 4.13. The largest absolute Gasteiger partial charge is 0.396 e. The molecular weight excluding hydrogens is 212 g/mol. The highest BCUT2D eigenvalue weighted by Gasteiger charge is 2.20. The zero-order valence-electron chi connectivity index (χ0n) is 12.0. The predicted molar refractivity (Wildman–Crippen MR) is 73.1 cm³/mol. The molecule has 0 radical (unpaired) electrons. The van der Waals surface area contributed by atoms with E-state index in [2.05, 4.69) is 37.7 Å². The fourth-order valence-electron chi connectivity index (χ4n) is 2.64. The minimum atomic E-state index is 0.314. The summed E-state index contributed by atoms with van der Waals surface area (Å²) >= 11 is 0. The molecule has 1 saturated heterocycles. The van der Waals surface area contributed by atoms with Crippen LogP contribution >= 0.6 is 0 Å². The summed E-state index contributed by atoms with van der Waals surface area (Å²) in [5.74, 6) is 1.88. The van der Waals surface area contributed by atoms with Gasteiger partial charge in [-0.2, -0.15) is 0 Å². The summed E-state index contributed by atoms with van der Waals surface area (Å²) in [5, 5.41) is 9.33. The van der Waals surface area contributed by atoms with Crippen LogP contribution in [0.3, 0.4) is 0 Å². The average molecular weight is 242 g/mol. The maximum atomic E-state index is 9.33. The number of rotatable bonds is 7. The van der Waals surface area contributed by atoms with Crippen LogP contribution in [0, 0.1) is 17.8 Å². The molecule has 1 rings (SSSR count). The van der Waals surface area contributed by atoms with E-state index >= 15 is 0 Å². The number of hydrogen-bond acceptors (Lipinski definition) is 3. The summed E-state index contributed by atoms with van der Waals surface area (Å²) in [6, 6.07) is 0. The average Bonchev–Trinajstić information content (AvgIpc) is 2.68. The van der Waals surface area contributed by atoms with Gasteiger partial charge in [-0.1, -0.05) is 13.8 Å². The second-order valence-corrected chi connectivity index (χ2v) is 6.15. The number of nitrogens with zero attached hydrogens (tertiary/aromatic N) is 2. The quantitative estimate of drug-likeness (QED) is 0.733. The topological polar surface area (TPSA) is 26.7 Å². The van der Waals surface area contributed by atoms with Gasteiger partial charge in [-0.15, -0.1) is 0 Å². The highest BCUT2D eigenvalue weighted by molar-refractivity contribution is 4.74. The van der Waals surface area contributed by atoms with E-state index in [9.17, 15) is 5.11 Å². The Morgan fingerprint density at radius 1 is 1.41 bits per heavy atom. The molecule has 3 heteroatoms. The molecule has 1 aliphatic heterocycles. The molecule has 1 heterocycles. The second kappa shape index (κ2) is 7.34. The lowest BCUT2D eigenvalue weighted by Gasteiger charge is -2.26. The van der Waals surface area contributed by atoms with Crippen LogP contribution in [0.4, 0.5) is 0 Å². The summed E-state index contributed by atoms with van der Waals surface area (Å²) < 4.78 is 0. The molecule has 1 N–H and O–H groups in total. The normalized spacial score (nSPS) is 23.8. The fourth-order valence-corrected chi connectivity index (χ4v) is 2.64. The smallest absolute Gasteiger partial charge is 0.0473 e. The van der Waals surface area contributed by atoms with E-state index in [-0.39, 0.29) is 0 Å². The summed E-state index contributed by atoms with van der Waals surface area (Å²) in [4.78, 5) is 4.81. The van der Waals surface area contributed by atoms with Crippen molar-refractivity contribution < 1.29 is 5.11 Å². The Morgan fingerprint density at radius 2 is 2.12 bits per heavy atom. The highest BCUT2D eigenvalue weighted by atomic mass is 16.3. The molecule has 0 aromatic carbocycles. The summed E-state index contributed by atoms with van der Waals surface area (Å²) in [6.45, 7) is 9.43. The molecule has 0 saturated carbocycles.